The second kappa shape index (κ2) is 6.50. The Hall–Kier alpha value is -4.02. The van der Waals surface area contributed by atoms with Gasteiger partial charge >= 0.3 is 0 Å². The Morgan fingerprint density at radius 2 is 1.97 bits per heavy atom. The zero-order chi connectivity index (χ0) is 23.0. The van der Waals surface area contributed by atoms with Crippen LogP contribution in [0.3, 0.4) is 0 Å². The lowest BCUT2D eigenvalue weighted by atomic mass is 9.85. The van der Waals surface area contributed by atoms with Crippen molar-refractivity contribution in [3.05, 3.63) is 36.2 Å². The van der Waals surface area contributed by atoms with Gasteiger partial charge in [0.15, 0.2) is 11.5 Å². The van der Waals surface area contributed by atoms with E-state index in [1.54, 1.807) is 16.9 Å². The number of carbonyl (C=O) groups is 3. The second-order valence-corrected chi connectivity index (χ2v) is 9.42. The van der Waals surface area contributed by atoms with Crippen molar-refractivity contribution < 1.29 is 14.4 Å². The van der Waals surface area contributed by atoms with Gasteiger partial charge in [0.1, 0.15) is 0 Å². The second-order valence-electron chi connectivity index (χ2n) is 9.42. The van der Waals surface area contributed by atoms with E-state index in [1.165, 1.54) is 0 Å². The van der Waals surface area contributed by atoms with Gasteiger partial charge in [-0.05, 0) is 38.0 Å². The van der Waals surface area contributed by atoms with Crippen molar-refractivity contribution in [3.63, 3.8) is 0 Å². The number of rotatable bonds is 3. The van der Waals surface area contributed by atoms with Crippen LogP contribution in [-0.4, -0.2) is 50.4 Å². The summed E-state index contributed by atoms with van der Waals surface area (Å²) in [4.78, 5) is 47.4. The Bertz CT molecular complexity index is 1360. The van der Waals surface area contributed by atoms with Crippen LogP contribution < -0.4 is 20.9 Å². The quantitative estimate of drug-likeness (QED) is 0.513. The zero-order valence-corrected chi connectivity index (χ0v) is 18.2. The van der Waals surface area contributed by atoms with Crippen molar-refractivity contribution in [2.24, 2.45) is 5.41 Å². The molecule has 11 nitrogen and oxygen atoms in total. The normalized spacial score (nSPS) is 23.3. The monoisotopic (exact) mass is 446 g/mol. The highest BCUT2D eigenvalue weighted by Gasteiger charge is 2.51. The maximum Gasteiger partial charge on any atom is 0.247 e. The lowest BCUT2D eigenvalue weighted by Crippen LogP contribution is -2.34. The van der Waals surface area contributed by atoms with Crippen LogP contribution in [-0.2, 0) is 19.8 Å². The molecule has 1 atom stereocenters. The highest BCUT2D eigenvalue weighted by Crippen LogP contribution is 2.40. The first-order valence-electron chi connectivity index (χ1n) is 10.8. The number of imide groups is 1. The standard InChI is InChI=1S/C22H22N8O3/c1-21(2)13-4-3-12(9-14(13)25-18(21)32)24-20-27-17-16(23-6-8-30(17)28-20)29-7-5-22(11-29)10-15(31)26-19(22)33/h3-4,6,8-9H,5,7,10-11H2,1-2H3,(H,24,28)(H,25,32)(H,26,31,33)/t22-/m1/s1. The van der Waals surface area contributed by atoms with Crippen molar-refractivity contribution in [3.8, 4) is 0 Å². The summed E-state index contributed by atoms with van der Waals surface area (Å²) in [6, 6.07) is 5.69. The van der Waals surface area contributed by atoms with Gasteiger partial charge in [-0.25, -0.2) is 9.50 Å². The summed E-state index contributed by atoms with van der Waals surface area (Å²) >= 11 is 0. The molecule has 2 aromatic heterocycles. The van der Waals surface area contributed by atoms with Crippen LogP contribution in [0.15, 0.2) is 30.6 Å². The first kappa shape index (κ1) is 19.6. The van der Waals surface area contributed by atoms with E-state index in [-0.39, 0.29) is 24.1 Å². The number of hydrogen-bond donors (Lipinski definition) is 3. The smallest absolute Gasteiger partial charge is 0.247 e. The summed E-state index contributed by atoms with van der Waals surface area (Å²) in [6.45, 7) is 4.80. The molecular formula is C22H22N8O3. The van der Waals surface area contributed by atoms with Crippen LogP contribution in [0.2, 0.25) is 0 Å². The number of carbonyl (C=O) groups excluding carboxylic acids is 3. The number of benzene rings is 1. The molecule has 0 saturated carbocycles. The molecule has 0 radical (unpaired) electrons. The van der Waals surface area contributed by atoms with Crippen LogP contribution in [0.25, 0.3) is 5.65 Å². The first-order chi connectivity index (χ1) is 15.7. The van der Waals surface area contributed by atoms with Gasteiger partial charge in [-0.3, -0.25) is 19.7 Å². The third-order valence-electron chi connectivity index (χ3n) is 6.89. The molecule has 2 saturated heterocycles. The molecule has 3 aliphatic rings. The fraction of sp³-hybridized carbons (Fsp3) is 0.364. The predicted octanol–water partition coefficient (Wildman–Crippen LogP) is 1.34. The number of amides is 3. The lowest BCUT2D eigenvalue weighted by Gasteiger charge is -2.21. The number of aromatic nitrogens is 4. The minimum Gasteiger partial charge on any atom is -0.352 e. The third-order valence-corrected chi connectivity index (χ3v) is 6.89. The average molecular weight is 446 g/mol. The Balaban J connectivity index is 1.28. The van der Waals surface area contributed by atoms with E-state index in [1.807, 2.05) is 36.9 Å². The minimum atomic E-state index is -0.699. The molecule has 3 N–H and O–H groups in total. The summed E-state index contributed by atoms with van der Waals surface area (Å²) < 4.78 is 1.63. The molecule has 0 unspecified atom stereocenters. The molecule has 3 aromatic rings. The summed E-state index contributed by atoms with van der Waals surface area (Å²) in [6.07, 6.45) is 4.14. The molecule has 33 heavy (non-hydrogen) atoms. The molecule has 3 amide bonds. The Kier molecular flexibility index (Phi) is 3.87. The highest BCUT2D eigenvalue weighted by atomic mass is 16.2. The van der Waals surface area contributed by atoms with Gasteiger partial charge in [-0.2, -0.15) is 4.98 Å². The summed E-state index contributed by atoms with van der Waals surface area (Å²) in [5.74, 6) is 0.534. The fourth-order valence-electron chi connectivity index (χ4n) is 4.95. The maximum atomic E-state index is 12.3. The number of anilines is 4. The SMILES string of the molecule is CC1(C)C(=O)Nc2cc(Nc3nc4c(N5CC[C@@]6(CC(=O)NC6=O)C5)nccn4n3)ccc21. The molecular weight excluding hydrogens is 424 g/mol. The largest absolute Gasteiger partial charge is 0.352 e. The van der Waals surface area contributed by atoms with E-state index in [0.29, 0.717) is 36.9 Å². The summed E-state index contributed by atoms with van der Waals surface area (Å²) in [5.41, 5.74) is 1.76. The van der Waals surface area contributed by atoms with Crippen LogP contribution in [0.5, 0.6) is 0 Å². The number of nitrogens with one attached hydrogen (secondary N) is 3. The van der Waals surface area contributed by atoms with Crippen molar-refractivity contribution >= 4 is 46.5 Å². The van der Waals surface area contributed by atoms with Crippen LogP contribution >= 0.6 is 0 Å². The number of hydrogen-bond acceptors (Lipinski definition) is 8. The Morgan fingerprint density at radius 1 is 1.12 bits per heavy atom. The van der Waals surface area contributed by atoms with Gasteiger partial charge in [0.05, 0.1) is 10.8 Å². The van der Waals surface area contributed by atoms with Crippen LogP contribution in [0, 0.1) is 5.41 Å². The summed E-state index contributed by atoms with van der Waals surface area (Å²) in [7, 11) is 0. The van der Waals surface area contributed by atoms with E-state index >= 15 is 0 Å². The van der Waals surface area contributed by atoms with E-state index in [0.717, 1.165) is 16.9 Å². The molecule has 1 aromatic carbocycles. The lowest BCUT2D eigenvalue weighted by molar-refractivity contribution is -0.128. The van der Waals surface area contributed by atoms with Crippen molar-refractivity contribution in [2.75, 3.05) is 28.6 Å². The molecule has 0 bridgehead atoms. The first-order valence-corrected chi connectivity index (χ1v) is 10.8. The van der Waals surface area contributed by atoms with E-state index in [4.69, 9.17) is 0 Å². The molecule has 5 heterocycles. The zero-order valence-electron chi connectivity index (χ0n) is 18.2. The van der Waals surface area contributed by atoms with Gasteiger partial charge in [-0.15, -0.1) is 5.10 Å². The van der Waals surface area contributed by atoms with Crippen molar-refractivity contribution in [2.45, 2.75) is 32.1 Å². The molecule has 6 rings (SSSR count). The van der Waals surface area contributed by atoms with E-state index in [2.05, 4.69) is 31.0 Å². The van der Waals surface area contributed by atoms with Crippen LogP contribution in [0.1, 0.15) is 32.3 Å². The number of fused-ring (bicyclic) bond motifs is 2. The van der Waals surface area contributed by atoms with Crippen molar-refractivity contribution in [1.82, 2.24) is 24.9 Å². The predicted molar refractivity (Wildman–Crippen MR) is 119 cm³/mol. The topological polar surface area (TPSA) is 134 Å². The fourth-order valence-corrected chi connectivity index (χ4v) is 4.95. The van der Waals surface area contributed by atoms with Crippen LogP contribution in [0.4, 0.5) is 23.1 Å². The molecule has 168 valence electrons. The Morgan fingerprint density at radius 3 is 2.76 bits per heavy atom. The molecule has 2 fully saturated rings. The molecule has 3 aliphatic heterocycles. The average Bonchev–Trinajstić information content (AvgIpc) is 3.48. The van der Waals surface area contributed by atoms with Gasteiger partial charge in [0.2, 0.25) is 23.7 Å². The van der Waals surface area contributed by atoms with Crippen molar-refractivity contribution in [1.29, 1.82) is 0 Å². The molecule has 0 aliphatic carbocycles. The van der Waals surface area contributed by atoms with Gasteiger partial charge in [0, 0.05) is 43.3 Å². The van der Waals surface area contributed by atoms with Gasteiger partial charge < -0.3 is 15.5 Å². The minimum absolute atomic E-state index is 0.0303. The molecule has 11 heteroatoms. The van der Waals surface area contributed by atoms with Gasteiger partial charge in [-0.1, -0.05) is 6.07 Å². The Labute approximate surface area is 188 Å². The summed E-state index contributed by atoms with van der Waals surface area (Å²) in [5, 5.41) is 13.0. The maximum absolute atomic E-state index is 12.3. The van der Waals surface area contributed by atoms with E-state index in [9.17, 15) is 14.4 Å². The molecule has 1 spiro atoms. The third kappa shape index (κ3) is 2.88. The number of nitrogens with zero attached hydrogens (tertiary/aromatic N) is 5. The van der Waals surface area contributed by atoms with Gasteiger partial charge in [0.25, 0.3) is 0 Å². The highest BCUT2D eigenvalue weighted by molar-refractivity contribution is 6.07. The van der Waals surface area contributed by atoms with E-state index < -0.39 is 10.8 Å².